The molecule has 34 heteroatoms. The first-order valence-electron chi connectivity index (χ1n) is 45.8. The van der Waals surface area contributed by atoms with E-state index < -0.39 is 17.7 Å². The number of aromatic nitrogens is 15. The van der Waals surface area contributed by atoms with Gasteiger partial charge in [-0.1, -0.05) is 6.07 Å². The highest BCUT2D eigenvalue weighted by atomic mass is 19.4. The van der Waals surface area contributed by atoms with E-state index in [0.717, 1.165) is 333 Å². The second kappa shape index (κ2) is 44.0. The average molecular weight is 1790 g/mol. The van der Waals surface area contributed by atoms with Gasteiger partial charge < -0.3 is 67.7 Å². The van der Waals surface area contributed by atoms with Gasteiger partial charge in [0.2, 0.25) is 0 Å². The summed E-state index contributed by atoms with van der Waals surface area (Å²) in [7, 11) is 0. The maximum atomic E-state index is 12.7. The number of ether oxygens (including phenoxy) is 8. The minimum absolute atomic E-state index is 0.0452. The molecule has 4 saturated heterocycles. The number of alkyl halides is 3. The van der Waals surface area contributed by atoms with Gasteiger partial charge >= 0.3 is 12.1 Å². The van der Waals surface area contributed by atoms with Gasteiger partial charge in [-0.25, -0.2) is 59.6 Å². The normalized spacial score (nSPS) is 21.4. The zero-order valence-electron chi connectivity index (χ0n) is 73.4. The van der Waals surface area contributed by atoms with E-state index >= 15 is 0 Å². The molecule has 0 amide bonds. The summed E-state index contributed by atoms with van der Waals surface area (Å²) < 4.78 is 86.1. The third-order valence-corrected chi connectivity index (χ3v) is 25.8. The third kappa shape index (κ3) is 24.2. The zero-order valence-corrected chi connectivity index (χ0v) is 73.4. The summed E-state index contributed by atoms with van der Waals surface area (Å²) in [5, 5.41) is 27.8. The fourth-order valence-corrected chi connectivity index (χ4v) is 18.7. The van der Waals surface area contributed by atoms with Gasteiger partial charge in [-0.3, -0.25) is 19.9 Å². The monoisotopic (exact) mass is 1790 g/mol. The van der Waals surface area contributed by atoms with Gasteiger partial charge in [-0.2, -0.15) is 18.4 Å². The number of carbonyl (C=O) groups is 1. The van der Waals surface area contributed by atoms with Gasteiger partial charge in [-0.15, -0.1) is 0 Å². The Balaban J connectivity index is 0.000000122. The first-order valence-corrected chi connectivity index (χ1v) is 45.8. The van der Waals surface area contributed by atoms with Crippen LogP contribution in [0.4, 0.5) is 35.9 Å². The molecule has 4 aliphatic carbocycles. The van der Waals surface area contributed by atoms with Crippen molar-refractivity contribution in [2.45, 2.75) is 166 Å². The molecule has 8 aliphatic rings. The van der Waals surface area contributed by atoms with Crippen LogP contribution in [0.5, 0.6) is 23.0 Å². The molecule has 12 aromatic rings. The number of halogens is 3. The number of benzene rings is 4. The van der Waals surface area contributed by atoms with Crippen molar-refractivity contribution in [2.24, 2.45) is 23.7 Å². The number of hydrogen-bond acceptors (Lipinski definition) is 30. The van der Waals surface area contributed by atoms with Crippen LogP contribution in [0.2, 0.25) is 0 Å². The predicted octanol–water partition coefficient (Wildman–Crippen LogP) is 14.4. The van der Waals surface area contributed by atoms with Gasteiger partial charge in [0.05, 0.1) is 128 Å². The summed E-state index contributed by atoms with van der Waals surface area (Å²) in [5.41, 5.74) is 14.2. The van der Waals surface area contributed by atoms with Crippen molar-refractivity contribution in [1.82, 2.24) is 74.8 Å². The van der Waals surface area contributed by atoms with Crippen molar-refractivity contribution in [3.8, 4) is 29.1 Å². The number of carboxylic acids is 1. The third-order valence-electron chi connectivity index (χ3n) is 25.8. The van der Waals surface area contributed by atoms with E-state index in [1.807, 2.05) is 24.3 Å². The molecule has 684 valence electrons. The van der Waals surface area contributed by atoms with Crippen molar-refractivity contribution in [3.05, 3.63) is 199 Å². The number of morpholine rings is 4. The number of carboxylic acid groups (broad SMARTS) is 1. The summed E-state index contributed by atoms with van der Waals surface area (Å²) >= 11 is 0. The molecule has 12 heterocycles. The number of rotatable bonds is 22. The lowest BCUT2D eigenvalue weighted by molar-refractivity contribution is -0.138. The van der Waals surface area contributed by atoms with Crippen molar-refractivity contribution < 1.29 is 66.1 Å². The summed E-state index contributed by atoms with van der Waals surface area (Å²) in [6.07, 6.45) is 35.0. The standard InChI is InChI=1S/C25H28N4O4.C24H26F3N5O2.C24H26N6O2.C24H29N5O3/c30-25(31)21-3-1-2-18(28-21)14-17-4-6-20(7-5-17)33-23-16-19(29-10-12-32-13-11-29)15-22-24(23)27-9-8-26-22;25-24(26,27)17-14-30-22(31-15-17)11-16-1-3-19(4-2-16)34-21-13-18(32-7-9-33-10-8-32)12-20-23(21)29-6-5-28-20;25-14-18-15-26-16-29-21(18)11-17-1-3-20(4-2-17)32-23-13-19(30-7-9-31-10-8-30)12-22-24(23)28-6-5-27-22;30-15-19-12-18(27-16-28-19)11-17-1-3-21(4-2-17)32-23-14-20(29-7-9-31-10-8-29)13-22-24(23)26-6-5-25-22/h1-3,8-9,15-17,20H,4-7,10-14H2,(H,30,31);5-6,12-16,19H,1-4,7-11H2;5-6,12-13,15-17,20H,1-4,7-11H2;5-6,12-14,16-17,21,30H,1-4,7-11,15H2. The maximum absolute atomic E-state index is 12.7. The van der Waals surface area contributed by atoms with E-state index in [2.05, 4.69) is 137 Å². The second-order valence-corrected chi connectivity index (χ2v) is 34.6. The van der Waals surface area contributed by atoms with Gasteiger partial charge in [0.15, 0.2) is 0 Å². The molecule has 4 aliphatic heterocycles. The Bertz CT molecular complexity index is 5820. The molecule has 8 fully saturated rings. The van der Waals surface area contributed by atoms with Crippen molar-refractivity contribution in [3.63, 3.8) is 0 Å². The van der Waals surface area contributed by atoms with Crippen molar-refractivity contribution in [1.29, 1.82) is 5.26 Å². The highest BCUT2D eigenvalue weighted by molar-refractivity contribution is 5.88. The summed E-state index contributed by atoms with van der Waals surface area (Å²) in [6.45, 7) is 12.6. The highest BCUT2D eigenvalue weighted by Crippen LogP contribution is 2.42. The van der Waals surface area contributed by atoms with Gasteiger partial charge in [-0.05, 0) is 188 Å². The van der Waals surface area contributed by atoms with Crippen LogP contribution in [0.1, 0.15) is 153 Å². The number of nitrogens with zero attached hydrogens (tertiary/aromatic N) is 20. The zero-order chi connectivity index (χ0) is 89.7. The summed E-state index contributed by atoms with van der Waals surface area (Å²) in [6, 6.07) is 26.0. The van der Waals surface area contributed by atoms with Crippen LogP contribution >= 0.6 is 0 Å². The van der Waals surface area contributed by atoms with Crippen LogP contribution in [0.15, 0.2) is 154 Å². The number of fused-ring (bicyclic) bond motifs is 4. The fraction of sp³-hybridized carbons (Fsp3) is 0.474. The van der Waals surface area contributed by atoms with E-state index in [9.17, 15) is 33.4 Å². The number of aromatic carboxylic acids is 1. The Kier molecular flexibility index (Phi) is 30.4. The number of aliphatic hydroxyl groups excluding tert-OH is 1. The van der Waals surface area contributed by atoms with Crippen LogP contribution in [-0.2, 0) is 57.4 Å². The Morgan fingerprint density at radius 1 is 0.405 bits per heavy atom. The first-order chi connectivity index (χ1) is 64.2. The Morgan fingerprint density at radius 2 is 0.756 bits per heavy atom. The maximum Gasteiger partial charge on any atom is 0.419 e. The smallest absolute Gasteiger partial charge is 0.419 e. The van der Waals surface area contributed by atoms with Crippen LogP contribution in [-0.4, -0.2) is 221 Å². The number of nitriles is 1. The molecule has 0 radical (unpaired) electrons. The molecule has 131 heavy (non-hydrogen) atoms. The molecule has 0 unspecified atom stereocenters. The molecule has 0 spiro atoms. The second-order valence-electron chi connectivity index (χ2n) is 34.6. The van der Waals surface area contributed by atoms with Gasteiger partial charge in [0.25, 0.3) is 0 Å². The van der Waals surface area contributed by atoms with E-state index in [1.54, 1.807) is 68.2 Å². The van der Waals surface area contributed by atoms with E-state index in [-0.39, 0.29) is 36.7 Å². The van der Waals surface area contributed by atoms with E-state index in [4.69, 9.17) is 37.9 Å². The molecule has 31 nitrogen and oxygen atoms in total. The Hall–Kier alpha value is -12.4. The molecule has 8 aromatic heterocycles. The molecule has 4 aromatic carbocycles. The van der Waals surface area contributed by atoms with Crippen molar-refractivity contribution in [2.75, 3.05) is 125 Å². The molecule has 4 saturated carbocycles. The van der Waals surface area contributed by atoms with Crippen LogP contribution in [0.3, 0.4) is 0 Å². The number of aliphatic hydroxyl groups is 1. The number of hydrogen-bond donors (Lipinski definition) is 2. The van der Waals surface area contributed by atoms with E-state index in [1.165, 1.54) is 12.4 Å². The van der Waals surface area contributed by atoms with Crippen LogP contribution in [0, 0.1) is 35.0 Å². The minimum Gasteiger partial charge on any atom is -0.488 e. The van der Waals surface area contributed by atoms with Crippen LogP contribution in [0.25, 0.3) is 44.1 Å². The van der Waals surface area contributed by atoms with Gasteiger partial charge in [0, 0.05) is 185 Å². The Morgan fingerprint density at radius 3 is 1.11 bits per heavy atom. The lowest BCUT2D eigenvalue weighted by Gasteiger charge is -2.31. The quantitative estimate of drug-likeness (QED) is 0.0636. The number of anilines is 4. The van der Waals surface area contributed by atoms with Crippen molar-refractivity contribution >= 4 is 72.9 Å². The van der Waals surface area contributed by atoms with Gasteiger partial charge in [0.1, 0.15) is 75.3 Å². The molecular weight excluding hydrogens is 1680 g/mol. The highest BCUT2D eigenvalue weighted by Gasteiger charge is 2.34. The molecule has 0 atom stereocenters. The molecular formula is C97H109F3N20O11. The largest absolute Gasteiger partial charge is 0.488 e. The average Bonchev–Trinajstić information content (AvgIpc) is 0.806. The van der Waals surface area contributed by atoms with E-state index in [0.29, 0.717) is 60.4 Å². The molecule has 20 rings (SSSR count). The Labute approximate surface area is 757 Å². The summed E-state index contributed by atoms with van der Waals surface area (Å²) in [4.78, 5) is 85.5. The predicted molar refractivity (Wildman–Crippen MR) is 484 cm³/mol. The lowest BCUT2D eigenvalue weighted by atomic mass is 9.84. The topological polar surface area (TPSA) is 361 Å². The number of pyridine rings is 1. The minimum atomic E-state index is -4.42. The molecule has 0 bridgehead atoms. The SMILES string of the molecule is FC(F)(F)c1cnc(CC2CCC(Oc3cc(N4CCOCC4)cc4nccnc34)CC2)nc1.N#Cc1cncnc1CC1CCC(Oc2cc(N3CCOCC3)cc3nccnc23)CC1.O=C(O)c1cccc(CC2CCC(Oc3cc(N4CCOCC4)cc4nccnc34)CC2)n1.OCc1cc(CC2CCC(Oc3cc(N4CCOCC4)cc4nccnc34)CC2)ncn1. The van der Waals surface area contributed by atoms with Crippen LogP contribution < -0.4 is 38.5 Å². The summed E-state index contributed by atoms with van der Waals surface area (Å²) in [5.74, 6) is 4.53. The lowest BCUT2D eigenvalue weighted by Crippen LogP contribution is -2.36. The molecule has 2 N–H and O–H groups in total. The first kappa shape index (κ1) is 90.5. The fourth-order valence-electron chi connectivity index (χ4n) is 18.7.